The number of Topliss-reactive ketones (excluding diaryl/α,β-unsaturated/α-hetero) is 1. The average Bonchev–Trinajstić information content (AvgIpc) is 3.01. The average molecular weight is 414 g/mol. The van der Waals surface area contributed by atoms with Gasteiger partial charge in [0.1, 0.15) is 18.7 Å². The summed E-state index contributed by atoms with van der Waals surface area (Å²) in [5.41, 5.74) is 4.98. The zero-order chi connectivity index (χ0) is 21.8. The van der Waals surface area contributed by atoms with Crippen molar-refractivity contribution in [1.29, 1.82) is 0 Å². The van der Waals surface area contributed by atoms with Crippen LogP contribution in [0.1, 0.15) is 27.2 Å². The van der Waals surface area contributed by atoms with Crippen molar-refractivity contribution >= 4 is 23.7 Å². The maximum Gasteiger partial charge on any atom is 0.426 e. The monoisotopic (exact) mass is 414 g/mol. The number of ketones is 1. The molecule has 3 amide bonds. The van der Waals surface area contributed by atoms with E-state index < -0.39 is 41.9 Å². The fourth-order valence-corrected chi connectivity index (χ4v) is 3.29. The summed E-state index contributed by atoms with van der Waals surface area (Å²) >= 11 is 0. The lowest BCUT2D eigenvalue weighted by atomic mass is 9.87. The number of ether oxygens (including phenoxy) is 2. The van der Waals surface area contributed by atoms with E-state index in [9.17, 15) is 19.2 Å². The minimum atomic E-state index is -1.22. The summed E-state index contributed by atoms with van der Waals surface area (Å²) in [7, 11) is 1.39. The molecule has 0 aromatic carbocycles. The van der Waals surface area contributed by atoms with Gasteiger partial charge in [0.05, 0.1) is 26.3 Å². The van der Waals surface area contributed by atoms with E-state index in [1.165, 1.54) is 12.1 Å². The molecule has 0 aromatic heterocycles. The van der Waals surface area contributed by atoms with E-state index in [0.717, 1.165) is 4.90 Å². The van der Waals surface area contributed by atoms with Crippen molar-refractivity contribution in [1.82, 2.24) is 15.3 Å². The lowest BCUT2D eigenvalue weighted by Gasteiger charge is -2.33. The molecule has 2 saturated heterocycles. The minimum Gasteiger partial charge on any atom is -0.379 e. The third-order valence-corrected chi connectivity index (χ3v) is 4.66. The van der Waals surface area contributed by atoms with Gasteiger partial charge in [0.15, 0.2) is 11.9 Å². The Balaban J connectivity index is 2.10. The number of morpholine rings is 1. The van der Waals surface area contributed by atoms with Crippen LogP contribution in [0, 0.1) is 5.41 Å². The highest BCUT2D eigenvalue weighted by Gasteiger charge is 2.45. The molecular formula is C18H30N4O7. The maximum atomic E-state index is 13.1. The molecule has 0 saturated carbocycles. The van der Waals surface area contributed by atoms with E-state index in [4.69, 9.17) is 20.0 Å². The molecule has 29 heavy (non-hydrogen) atoms. The number of rotatable bonds is 6. The molecule has 2 rings (SSSR count). The Morgan fingerprint density at radius 2 is 1.93 bits per heavy atom. The Labute approximate surface area is 169 Å². The Morgan fingerprint density at radius 1 is 1.31 bits per heavy atom. The molecular weight excluding hydrogens is 384 g/mol. The van der Waals surface area contributed by atoms with Crippen molar-refractivity contribution in [3.63, 3.8) is 0 Å². The number of carbonyl (C=O) groups is 4. The highest BCUT2D eigenvalue weighted by atomic mass is 16.7. The lowest BCUT2D eigenvalue weighted by Crippen LogP contribution is -2.57. The summed E-state index contributed by atoms with van der Waals surface area (Å²) in [5, 5.41) is 4.04. The first kappa shape index (κ1) is 23.0. The molecule has 164 valence electrons. The van der Waals surface area contributed by atoms with Crippen molar-refractivity contribution in [3.8, 4) is 0 Å². The van der Waals surface area contributed by atoms with Gasteiger partial charge < -0.3 is 30.3 Å². The number of primary amides is 1. The Morgan fingerprint density at radius 3 is 2.48 bits per heavy atom. The topological polar surface area (TPSA) is 140 Å². The first-order valence-electron chi connectivity index (χ1n) is 9.51. The quantitative estimate of drug-likeness (QED) is 0.567. The largest absolute Gasteiger partial charge is 0.426 e. The van der Waals surface area contributed by atoms with Crippen LogP contribution >= 0.6 is 0 Å². The van der Waals surface area contributed by atoms with Crippen LogP contribution in [0.3, 0.4) is 0 Å². The second-order valence-corrected chi connectivity index (χ2v) is 8.38. The van der Waals surface area contributed by atoms with Crippen LogP contribution in [0.4, 0.5) is 4.79 Å². The predicted molar refractivity (Wildman–Crippen MR) is 100 cm³/mol. The lowest BCUT2D eigenvalue weighted by molar-refractivity contribution is -0.150. The van der Waals surface area contributed by atoms with Gasteiger partial charge in [-0.1, -0.05) is 20.8 Å². The van der Waals surface area contributed by atoms with Crippen LogP contribution in [0.2, 0.25) is 0 Å². The van der Waals surface area contributed by atoms with Crippen LogP contribution < -0.4 is 11.1 Å². The summed E-state index contributed by atoms with van der Waals surface area (Å²) in [4.78, 5) is 55.6. The second kappa shape index (κ2) is 9.51. The van der Waals surface area contributed by atoms with E-state index in [0.29, 0.717) is 26.3 Å². The van der Waals surface area contributed by atoms with Gasteiger partial charge in [0, 0.05) is 7.05 Å². The highest BCUT2D eigenvalue weighted by Crippen LogP contribution is 2.24. The van der Waals surface area contributed by atoms with Gasteiger partial charge in [0.2, 0.25) is 11.8 Å². The maximum absolute atomic E-state index is 13.1. The number of hydrogen-bond acceptors (Lipinski definition) is 8. The Kier molecular flexibility index (Phi) is 7.55. The van der Waals surface area contributed by atoms with E-state index >= 15 is 0 Å². The van der Waals surface area contributed by atoms with Gasteiger partial charge in [-0.15, -0.1) is 5.06 Å². The van der Waals surface area contributed by atoms with Gasteiger partial charge >= 0.3 is 6.09 Å². The van der Waals surface area contributed by atoms with Crippen LogP contribution in [0.5, 0.6) is 0 Å². The number of nitrogens with two attached hydrogens (primary N) is 1. The van der Waals surface area contributed by atoms with Gasteiger partial charge in [-0.2, -0.15) is 0 Å². The van der Waals surface area contributed by atoms with Gasteiger partial charge in [-0.3, -0.25) is 14.4 Å². The molecule has 2 aliphatic heterocycles. The molecule has 11 heteroatoms. The van der Waals surface area contributed by atoms with Crippen molar-refractivity contribution in [2.24, 2.45) is 11.1 Å². The van der Waals surface area contributed by atoms with Crippen molar-refractivity contribution in [2.45, 2.75) is 45.4 Å². The number of hydrogen-bond donors (Lipinski definition) is 2. The number of likely N-dealkylation sites (N-methyl/N-ethyl adjacent to an activating group) is 1. The summed E-state index contributed by atoms with van der Waals surface area (Å²) in [6.07, 6.45) is -1.70. The standard InChI is InChI=1S/C18H30N4O7/c1-18(2,3)9-11(20-17(26)29-22-5-7-27-8-6-22)16(25)21(4)13-12(23)10-28-14(13)15(19)24/h11,13-14H,5-10H2,1-4H3,(H2,19,24)(H,20,26)/t11-,13?,14?/m0/s1. The molecule has 2 aliphatic rings. The summed E-state index contributed by atoms with van der Waals surface area (Å²) in [6, 6.07) is -2.09. The van der Waals surface area contributed by atoms with Crippen LogP contribution in [-0.4, -0.2) is 91.8 Å². The van der Waals surface area contributed by atoms with Crippen molar-refractivity contribution in [2.75, 3.05) is 40.0 Å². The smallest absolute Gasteiger partial charge is 0.379 e. The molecule has 0 spiro atoms. The number of nitrogens with zero attached hydrogens (tertiary/aromatic N) is 2. The predicted octanol–water partition coefficient (Wildman–Crippen LogP) is -0.955. The molecule has 11 nitrogen and oxygen atoms in total. The highest BCUT2D eigenvalue weighted by molar-refractivity contribution is 5.99. The Bertz CT molecular complexity index is 643. The number of nitrogens with one attached hydrogen (secondary N) is 1. The fourth-order valence-electron chi connectivity index (χ4n) is 3.29. The molecule has 3 N–H and O–H groups in total. The van der Waals surface area contributed by atoms with Crippen molar-refractivity contribution in [3.05, 3.63) is 0 Å². The zero-order valence-corrected chi connectivity index (χ0v) is 17.3. The Hall–Kier alpha value is -2.24. The molecule has 2 unspecified atom stereocenters. The van der Waals surface area contributed by atoms with Crippen molar-refractivity contribution < 1.29 is 33.5 Å². The molecule has 0 bridgehead atoms. The number of carbonyl (C=O) groups excluding carboxylic acids is 4. The minimum absolute atomic E-state index is 0.289. The summed E-state index contributed by atoms with van der Waals surface area (Å²) in [5.74, 6) is -1.78. The number of amides is 3. The normalized spacial score (nSPS) is 24.1. The molecule has 2 heterocycles. The van der Waals surface area contributed by atoms with Gasteiger partial charge in [-0.25, -0.2) is 4.79 Å². The third-order valence-electron chi connectivity index (χ3n) is 4.66. The first-order valence-corrected chi connectivity index (χ1v) is 9.51. The van der Waals surface area contributed by atoms with E-state index in [1.54, 1.807) is 0 Å². The molecule has 2 fully saturated rings. The van der Waals surface area contributed by atoms with E-state index in [2.05, 4.69) is 5.32 Å². The van der Waals surface area contributed by atoms with Crippen LogP contribution in [0.15, 0.2) is 0 Å². The molecule has 0 radical (unpaired) electrons. The van der Waals surface area contributed by atoms with Crippen LogP contribution in [0.25, 0.3) is 0 Å². The second-order valence-electron chi connectivity index (χ2n) is 8.38. The molecule has 0 aromatic rings. The zero-order valence-electron chi connectivity index (χ0n) is 17.3. The number of hydroxylamine groups is 2. The molecule has 3 atom stereocenters. The fraction of sp³-hybridized carbons (Fsp3) is 0.778. The first-order chi connectivity index (χ1) is 13.5. The van der Waals surface area contributed by atoms with E-state index in [-0.39, 0.29) is 18.4 Å². The SMILES string of the molecule is CN(C(=O)[C@H](CC(C)(C)C)NC(=O)ON1CCOCC1)C1C(=O)COC1C(N)=O. The van der Waals surface area contributed by atoms with Gasteiger partial charge in [0.25, 0.3) is 0 Å². The summed E-state index contributed by atoms with van der Waals surface area (Å²) in [6.45, 7) is 7.19. The third kappa shape index (κ3) is 6.38. The van der Waals surface area contributed by atoms with Gasteiger partial charge in [-0.05, 0) is 11.8 Å². The van der Waals surface area contributed by atoms with Crippen LogP contribution in [-0.2, 0) is 28.7 Å². The van der Waals surface area contributed by atoms with E-state index in [1.807, 2.05) is 20.8 Å². The summed E-state index contributed by atoms with van der Waals surface area (Å²) < 4.78 is 10.3. The molecule has 0 aliphatic carbocycles.